The lowest BCUT2D eigenvalue weighted by molar-refractivity contribution is -0.147. The minimum atomic E-state index is -1.70. The van der Waals surface area contributed by atoms with Crippen LogP contribution in [0.15, 0.2) is 48.5 Å². The van der Waals surface area contributed by atoms with Crippen molar-refractivity contribution in [1.82, 2.24) is 5.32 Å². The molecule has 0 aliphatic rings. The van der Waals surface area contributed by atoms with Crippen molar-refractivity contribution < 1.29 is 38.1 Å². The summed E-state index contributed by atoms with van der Waals surface area (Å²) < 4.78 is 32.0. The molecular formula is C22H14Cl2F2N2O6. The molecule has 0 saturated heterocycles. The maximum absolute atomic E-state index is 13.3. The van der Waals surface area contributed by atoms with Gasteiger partial charge in [-0.3, -0.25) is 9.59 Å². The number of carboxylic acids is 1. The largest absolute Gasteiger partial charge is 0.507 e. The summed E-state index contributed by atoms with van der Waals surface area (Å²) >= 11 is 12.3. The third-order valence-corrected chi connectivity index (χ3v) is 4.88. The number of phenolic OH excluding ortho intramolecular Hbond substituents is 1. The molecule has 12 heteroatoms. The number of rotatable bonds is 6. The molecule has 0 aliphatic heterocycles. The van der Waals surface area contributed by atoms with Gasteiger partial charge in [0, 0.05) is 12.2 Å². The number of carbonyl (C=O) groups is 3. The average Bonchev–Trinajstić information content (AvgIpc) is 2.77. The van der Waals surface area contributed by atoms with E-state index in [0.717, 1.165) is 12.1 Å². The average molecular weight is 511 g/mol. The number of amides is 2. The predicted molar refractivity (Wildman–Crippen MR) is 118 cm³/mol. The summed E-state index contributed by atoms with van der Waals surface area (Å²) in [7, 11) is 0. The van der Waals surface area contributed by atoms with Crippen LogP contribution in [0.2, 0.25) is 10.0 Å². The number of carbonyl (C=O) groups excluding carboxylic acids is 2. The van der Waals surface area contributed by atoms with E-state index >= 15 is 0 Å². The first kappa shape index (κ1) is 24.7. The highest BCUT2D eigenvalue weighted by atomic mass is 35.5. The number of benzene rings is 3. The molecule has 34 heavy (non-hydrogen) atoms. The minimum absolute atomic E-state index is 0.0118. The Labute approximate surface area is 200 Å². The van der Waals surface area contributed by atoms with Crippen LogP contribution in [0, 0.1) is 11.6 Å². The molecule has 2 amide bonds. The number of aromatic hydroxyl groups is 1. The van der Waals surface area contributed by atoms with E-state index in [1.165, 1.54) is 36.4 Å². The Morgan fingerprint density at radius 1 is 0.941 bits per heavy atom. The van der Waals surface area contributed by atoms with Crippen LogP contribution >= 0.6 is 23.2 Å². The maximum atomic E-state index is 13.3. The van der Waals surface area contributed by atoms with Gasteiger partial charge in [-0.05, 0) is 48.0 Å². The highest BCUT2D eigenvalue weighted by Crippen LogP contribution is 2.39. The summed E-state index contributed by atoms with van der Waals surface area (Å²) in [5.41, 5.74) is 0.128. The van der Waals surface area contributed by atoms with Crippen LogP contribution in [0.1, 0.15) is 15.9 Å². The van der Waals surface area contributed by atoms with Gasteiger partial charge in [0.1, 0.15) is 11.5 Å². The molecule has 3 aromatic carbocycles. The molecule has 0 spiro atoms. The van der Waals surface area contributed by atoms with E-state index in [0.29, 0.717) is 5.56 Å². The molecule has 0 atom stereocenters. The summed E-state index contributed by atoms with van der Waals surface area (Å²) in [6, 6.07) is 9.28. The molecule has 0 aliphatic carbocycles. The molecule has 3 rings (SSSR count). The lowest BCUT2D eigenvalue weighted by atomic mass is 10.1. The molecule has 0 radical (unpaired) electrons. The van der Waals surface area contributed by atoms with Gasteiger partial charge in [-0.25, -0.2) is 13.6 Å². The number of aliphatic carboxylic acids is 1. The van der Waals surface area contributed by atoms with Gasteiger partial charge in [0.15, 0.2) is 17.4 Å². The summed E-state index contributed by atoms with van der Waals surface area (Å²) in [5, 5.41) is 23.1. The van der Waals surface area contributed by atoms with Crippen molar-refractivity contribution in [3.63, 3.8) is 0 Å². The second-order valence-corrected chi connectivity index (χ2v) is 7.55. The van der Waals surface area contributed by atoms with Crippen LogP contribution in [0.25, 0.3) is 0 Å². The summed E-state index contributed by atoms with van der Waals surface area (Å²) in [6.07, 6.45) is 0. The Morgan fingerprint density at radius 3 is 2.24 bits per heavy atom. The van der Waals surface area contributed by atoms with E-state index in [-0.39, 0.29) is 45.1 Å². The first-order valence-corrected chi connectivity index (χ1v) is 10.1. The van der Waals surface area contributed by atoms with Gasteiger partial charge in [0.05, 0.1) is 15.6 Å². The Bertz CT molecular complexity index is 1280. The van der Waals surface area contributed by atoms with E-state index in [9.17, 15) is 28.3 Å². The molecule has 0 bridgehead atoms. The van der Waals surface area contributed by atoms with Gasteiger partial charge in [0.25, 0.3) is 5.91 Å². The fourth-order valence-electron chi connectivity index (χ4n) is 2.72. The first-order valence-electron chi connectivity index (χ1n) is 9.31. The number of nitrogens with one attached hydrogen (secondary N) is 2. The van der Waals surface area contributed by atoms with Crippen molar-refractivity contribution in [3.05, 3.63) is 81.3 Å². The van der Waals surface area contributed by atoms with Gasteiger partial charge in [0.2, 0.25) is 0 Å². The van der Waals surface area contributed by atoms with Crippen molar-refractivity contribution in [2.45, 2.75) is 6.54 Å². The van der Waals surface area contributed by atoms with Crippen LogP contribution < -0.4 is 15.4 Å². The lowest BCUT2D eigenvalue weighted by Crippen LogP contribution is -2.23. The van der Waals surface area contributed by atoms with Gasteiger partial charge in [-0.2, -0.15) is 0 Å². The van der Waals surface area contributed by atoms with Gasteiger partial charge in [-0.15, -0.1) is 0 Å². The summed E-state index contributed by atoms with van der Waals surface area (Å²) in [4.78, 5) is 34.5. The fourth-order valence-corrected chi connectivity index (χ4v) is 3.28. The zero-order valence-corrected chi connectivity index (χ0v) is 18.4. The van der Waals surface area contributed by atoms with E-state index in [1.807, 2.05) is 0 Å². The molecular weight excluding hydrogens is 497 g/mol. The predicted octanol–water partition coefficient (Wildman–Crippen LogP) is 4.72. The van der Waals surface area contributed by atoms with Crippen LogP contribution in [-0.4, -0.2) is 28.0 Å². The van der Waals surface area contributed by atoms with E-state index in [1.54, 1.807) is 0 Å². The van der Waals surface area contributed by atoms with Crippen molar-refractivity contribution in [3.8, 4) is 17.2 Å². The van der Waals surface area contributed by atoms with Crippen molar-refractivity contribution in [2.24, 2.45) is 0 Å². The summed E-state index contributed by atoms with van der Waals surface area (Å²) in [6.45, 7) is -0.137. The Kier molecular flexibility index (Phi) is 7.54. The van der Waals surface area contributed by atoms with Gasteiger partial charge >= 0.3 is 11.9 Å². The SMILES string of the molecule is O=C(O)C(=O)Nc1cc(Cl)c(Oc2ccc(O)c(C(=O)NCc3ccc(F)c(F)c3)c2)c(Cl)c1. The Morgan fingerprint density at radius 2 is 1.62 bits per heavy atom. The van der Waals surface area contributed by atoms with Gasteiger partial charge in [-0.1, -0.05) is 29.3 Å². The molecule has 3 aromatic rings. The maximum Gasteiger partial charge on any atom is 0.394 e. The molecule has 0 saturated carbocycles. The molecule has 0 fully saturated rings. The zero-order valence-electron chi connectivity index (χ0n) is 16.9. The van der Waals surface area contributed by atoms with Crippen LogP contribution in [0.4, 0.5) is 14.5 Å². The molecule has 176 valence electrons. The van der Waals surface area contributed by atoms with Crippen molar-refractivity contribution >= 4 is 46.7 Å². The second-order valence-electron chi connectivity index (χ2n) is 6.74. The normalized spacial score (nSPS) is 10.5. The summed E-state index contributed by atoms with van der Waals surface area (Å²) in [5.74, 6) is -6.18. The number of halogens is 4. The van der Waals surface area contributed by atoms with Crippen LogP contribution in [0.3, 0.4) is 0 Å². The van der Waals surface area contributed by atoms with Crippen molar-refractivity contribution in [2.75, 3.05) is 5.32 Å². The second kappa shape index (κ2) is 10.4. The Balaban J connectivity index is 1.76. The molecule has 0 unspecified atom stereocenters. The number of ether oxygens (including phenoxy) is 1. The number of anilines is 1. The third-order valence-electron chi connectivity index (χ3n) is 4.32. The highest BCUT2D eigenvalue weighted by Gasteiger charge is 2.18. The fraction of sp³-hybridized carbons (Fsp3) is 0.0455. The quantitative estimate of drug-likeness (QED) is 0.355. The monoisotopic (exact) mass is 510 g/mol. The Hall–Kier alpha value is -3.89. The first-order chi connectivity index (χ1) is 16.0. The third kappa shape index (κ3) is 5.91. The standard InChI is InChI=1S/C22H14Cl2F2N2O6/c23-14-6-11(28-21(31)22(32)33)7-15(24)19(14)34-12-2-4-18(29)13(8-12)20(30)27-9-10-1-3-16(25)17(26)5-10/h1-8,29H,9H2,(H,27,30)(H,28,31)(H,32,33). The van der Waals surface area contributed by atoms with E-state index in [4.69, 9.17) is 33.0 Å². The van der Waals surface area contributed by atoms with E-state index < -0.39 is 29.4 Å². The molecule has 0 aromatic heterocycles. The molecule has 8 nitrogen and oxygen atoms in total. The molecule has 4 N–H and O–H groups in total. The van der Waals surface area contributed by atoms with E-state index in [2.05, 4.69) is 10.6 Å². The zero-order chi connectivity index (χ0) is 25.0. The van der Waals surface area contributed by atoms with Crippen LogP contribution in [0.5, 0.6) is 17.2 Å². The lowest BCUT2D eigenvalue weighted by Gasteiger charge is -2.13. The van der Waals surface area contributed by atoms with Gasteiger partial charge < -0.3 is 25.6 Å². The smallest absolute Gasteiger partial charge is 0.394 e. The van der Waals surface area contributed by atoms with Crippen LogP contribution in [-0.2, 0) is 16.1 Å². The topological polar surface area (TPSA) is 125 Å². The number of carboxylic acid groups (broad SMARTS) is 1. The number of phenols is 1. The number of hydrogen-bond donors (Lipinski definition) is 4. The van der Waals surface area contributed by atoms with Crippen molar-refractivity contribution in [1.29, 1.82) is 0 Å². The highest BCUT2D eigenvalue weighted by molar-refractivity contribution is 6.39. The number of hydrogen-bond acceptors (Lipinski definition) is 5. The molecule has 0 heterocycles. The minimum Gasteiger partial charge on any atom is -0.507 e.